The van der Waals surface area contributed by atoms with Gasteiger partial charge in [0.2, 0.25) is 5.89 Å². The van der Waals surface area contributed by atoms with Crippen LogP contribution in [0.3, 0.4) is 0 Å². The molecule has 110 valence electrons. The van der Waals surface area contributed by atoms with Crippen molar-refractivity contribution < 1.29 is 4.42 Å². The SMILES string of the molecule is Cc1cccc(-c2nc(CN3C[C@H]4CC[C@H]3C4)c(C)o2)c1. The number of aromatic nitrogens is 1. The van der Waals surface area contributed by atoms with Crippen LogP contribution in [0.1, 0.15) is 36.3 Å². The van der Waals surface area contributed by atoms with E-state index >= 15 is 0 Å². The average molecular weight is 282 g/mol. The van der Waals surface area contributed by atoms with Crippen molar-refractivity contribution in [3.05, 3.63) is 41.3 Å². The minimum atomic E-state index is 0.760. The lowest BCUT2D eigenvalue weighted by atomic mass is 10.1. The summed E-state index contributed by atoms with van der Waals surface area (Å²) in [6.07, 6.45) is 4.18. The summed E-state index contributed by atoms with van der Waals surface area (Å²) in [7, 11) is 0. The van der Waals surface area contributed by atoms with Crippen LogP contribution in [0.2, 0.25) is 0 Å². The van der Waals surface area contributed by atoms with Crippen molar-refractivity contribution in [1.82, 2.24) is 9.88 Å². The Morgan fingerprint density at radius 3 is 2.90 bits per heavy atom. The van der Waals surface area contributed by atoms with E-state index in [2.05, 4.69) is 36.1 Å². The van der Waals surface area contributed by atoms with E-state index in [0.29, 0.717) is 0 Å². The van der Waals surface area contributed by atoms with Crippen molar-refractivity contribution in [2.24, 2.45) is 5.92 Å². The number of piperidine rings is 1. The molecule has 1 aromatic heterocycles. The molecule has 2 aliphatic rings. The van der Waals surface area contributed by atoms with E-state index in [-0.39, 0.29) is 0 Å². The Balaban J connectivity index is 1.57. The second kappa shape index (κ2) is 4.99. The lowest BCUT2D eigenvalue weighted by molar-refractivity contribution is 0.202. The number of rotatable bonds is 3. The number of nitrogens with zero attached hydrogens (tertiary/aromatic N) is 2. The van der Waals surface area contributed by atoms with Crippen LogP contribution < -0.4 is 0 Å². The Labute approximate surface area is 126 Å². The Hall–Kier alpha value is -1.61. The summed E-state index contributed by atoms with van der Waals surface area (Å²) in [5.74, 6) is 2.66. The van der Waals surface area contributed by atoms with Crippen molar-refractivity contribution in [3.63, 3.8) is 0 Å². The van der Waals surface area contributed by atoms with Crippen LogP contribution in [-0.4, -0.2) is 22.5 Å². The van der Waals surface area contributed by atoms with Crippen molar-refractivity contribution in [3.8, 4) is 11.5 Å². The smallest absolute Gasteiger partial charge is 0.226 e. The van der Waals surface area contributed by atoms with Gasteiger partial charge >= 0.3 is 0 Å². The topological polar surface area (TPSA) is 29.3 Å². The van der Waals surface area contributed by atoms with Gasteiger partial charge in [-0.3, -0.25) is 4.90 Å². The van der Waals surface area contributed by atoms with E-state index in [1.165, 1.54) is 31.4 Å². The first-order valence-corrected chi connectivity index (χ1v) is 7.96. The second-order valence-electron chi connectivity index (χ2n) is 6.65. The zero-order chi connectivity index (χ0) is 14.4. The third-order valence-electron chi connectivity index (χ3n) is 5.03. The van der Waals surface area contributed by atoms with E-state index in [9.17, 15) is 0 Å². The van der Waals surface area contributed by atoms with Crippen LogP contribution in [0.15, 0.2) is 28.7 Å². The zero-order valence-corrected chi connectivity index (χ0v) is 12.8. The lowest BCUT2D eigenvalue weighted by Crippen LogP contribution is -2.31. The minimum Gasteiger partial charge on any atom is -0.441 e. The molecule has 21 heavy (non-hydrogen) atoms. The van der Waals surface area contributed by atoms with Gasteiger partial charge in [-0.05, 0) is 51.2 Å². The van der Waals surface area contributed by atoms with Gasteiger partial charge < -0.3 is 4.42 Å². The molecule has 4 rings (SSSR count). The predicted molar refractivity (Wildman–Crippen MR) is 83.0 cm³/mol. The molecule has 1 aliphatic carbocycles. The van der Waals surface area contributed by atoms with Crippen LogP contribution in [0.4, 0.5) is 0 Å². The zero-order valence-electron chi connectivity index (χ0n) is 12.8. The molecule has 2 aromatic rings. The summed E-state index contributed by atoms with van der Waals surface area (Å²) in [4.78, 5) is 7.36. The number of benzene rings is 1. The van der Waals surface area contributed by atoms with E-state index < -0.39 is 0 Å². The Kier molecular flexibility index (Phi) is 3.11. The summed E-state index contributed by atoms with van der Waals surface area (Å²) in [5, 5.41) is 0. The summed E-state index contributed by atoms with van der Waals surface area (Å²) < 4.78 is 5.91. The molecule has 0 unspecified atom stereocenters. The van der Waals surface area contributed by atoms with Crippen molar-refractivity contribution in [2.75, 3.05) is 6.54 Å². The van der Waals surface area contributed by atoms with Gasteiger partial charge in [0.15, 0.2) is 0 Å². The number of likely N-dealkylation sites (tertiary alicyclic amines) is 1. The second-order valence-corrected chi connectivity index (χ2v) is 6.65. The quantitative estimate of drug-likeness (QED) is 0.854. The fraction of sp³-hybridized carbons (Fsp3) is 0.500. The molecular formula is C18H22N2O. The molecule has 1 saturated heterocycles. The molecule has 3 nitrogen and oxygen atoms in total. The molecule has 1 aliphatic heterocycles. The van der Waals surface area contributed by atoms with Crippen molar-refractivity contribution >= 4 is 0 Å². The van der Waals surface area contributed by atoms with E-state index in [1.807, 2.05) is 6.92 Å². The Morgan fingerprint density at radius 2 is 2.19 bits per heavy atom. The number of aryl methyl sites for hydroxylation is 2. The molecule has 0 N–H and O–H groups in total. The van der Waals surface area contributed by atoms with Gasteiger partial charge in [-0.25, -0.2) is 4.98 Å². The molecule has 0 radical (unpaired) electrons. The number of hydrogen-bond donors (Lipinski definition) is 0. The largest absolute Gasteiger partial charge is 0.441 e. The monoisotopic (exact) mass is 282 g/mol. The highest BCUT2D eigenvalue weighted by atomic mass is 16.4. The van der Waals surface area contributed by atoms with Gasteiger partial charge in [0.1, 0.15) is 5.76 Å². The van der Waals surface area contributed by atoms with E-state index in [4.69, 9.17) is 9.40 Å². The normalized spacial score (nSPS) is 24.9. The molecule has 0 spiro atoms. The van der Waals surface area contributed by atoms with E-state index in [1.54, 1.807) is 0 Å². The molecule has 3 heteroatoms. The molecule has 2 fully saturated rings. The van der Waals surface area contributed by atoms with Gasteiger partial charge in [0.25, 0.3) is 0 Å². The third-order valence-corrected chi connectivity index (χ3v) is 5.03. The maximum atomic E-state index is 5.91. The number of hydrogen-bond acceptors (Lipinski definition) is 3. The van der Waals surface area contributed by atoms with Crippen molar-refractivity contribution in [2.45, 2.75) is 45.7 Å². The molecule has 0 amide bonds. The minimum absolute atomic E-state index is 0.760. The highest BCUT2D eigenvalue weighted by Crippen LogP contribution is 2.38. The third kappa shape index (κ3) is 2.40. The van der Waals surface area contributed by atoms with Gasteiger partial charge in [0, 0.05) is 24.7 Å². The van der Waals surface area contributed by atoms with Crippen LogP contribution in [0.25, 0.3) is 11.5 Å². The summed E-state index contributed by atoms with van der Waals surface area (Å²) >= 11 is 0. The Morgan fingerprint density at radius 1 is 1.29 bits per heavy atom. The summed E-state index contributed by atoms with van der Waals surface area (Å²) in [5.41, 5.74) is 3.42. The number of oxazole rings is 1. The van der Waals surface area contributed by atoms with Crippen molar-refractivity contribution in [1.29, 1.82) is 0 Å². The lowest BCUT2D eigenvalue weighted by Gasteiger charge is -2.25. The van der Waals surface area contributed by atoms with E-state index in [0.717, 1.165) is 41.4 Å². The van der Waals surface area contributed by atoms with Crippen LogP contribution in [0.5, 0.6) is 0 Å². The first-order valence-electron chi connectivity index (χ1n) is 7.96. The Bertz CT molecular complexity index is 661. The summed E-state index contributed by atoms with van der Waals surface area (Å²) in [6, 6.07) is 9.14. The maximum Gasteiger partial charge on any atom is 0.226 e. The average Bonchev–Trinajstić information content (AvgIpc) is 3.16. The molecule has 2 atom stereocenters. The first kappa shape index (κ1) is 13.1. The van der Waals surface area contributed by atoms with Gasteiger partial charge in [-0.1, -0.05) is 17.7 Å². The maximum absolute atomic E-state index is 5.91. The number of fused-ring (bicyclic) bond motifs is 2. The van der Waals surface area contributed by atoms with Gasteiger partial charge in [0.05, 0.1) is 5.69 Å². The molecule has 1 aromatic carbocycles. The fourth-order valence-electron chi connectivity index (χ4n) is 3.89. The molecular weight excluding hydrogens is 260 g/mol. The molecule has 2 bridgehead atoms. The summed E-state index contributed by atoms with van der Waals surface area (Å²) in [6.45, 7) is 6.33. The van der Waals surface area contributed by atoms with Crippen LogP contribution >= 0.6 is 0 Å². The van der Waals surface area contributed by atoms with Gasteiger partial charge in [-0.2, -0.15) is 0 Å². The van der Waals surface area contributed by atoms with Crippen LogP contribution in [-0.2, 0) is 6.54 Å². The highest BCUT2D eigenvalue weighted by molar-refractivity contribution is 5.54. The first-order chi connectivity index (χ1) is 10.2. The fourth-order valence-corrected chi connectivity index (χ4v) is 3.89. The van der Waals surface area contributed by atoms with Gasteiger partial charge in [-0.15, -0.1) is 0 Å². The van der Waals surface area contributed by atoms with Crippen LogP contribution in [0, 0.1) is 19.8 Å². The predicted octanol–water partition coefficient (Wildman–Crippen LogP) is 3.94. The molecule has 1 saturated carbocycles. The highest BCUT2D eigenvalue weighted by Gasteiger charge is 2.38. The standard InChI is InChI=1S/C18H22N2O/c1-12-4-3-5-15(8-12)18-19-17(13(2)21-18)11-20-10-14-6-7-16(20)9-14/h3-5,8,14,16H,6-7,9-11H2,1-2H3/t14-,16-/m0/s1. The molecule has 2 heterocycles.